The molecule has 1 aliphatic carbocycles. The van der Waals surface area contributed by atoms with Crippen molar-refractivity contribution in [2.45, 2.75) is 45.1 Å². The monoisotopic (exact) mass is 201 g/mol. The number of nitrogens with one attached hydrogen (secondary N) is 1. The zero-order valence-corrected chi connectivity index (χ0v) is 9.24. The van der Waals surface area contributed by atoms with E-state index >= 15 is 0 Å². The molecule has 1 atom stereocenters. The predicted molar refractivity (Wildman–Crippen MR) is 59.0 cm³/mol. The van der Waals surface area contributed by atoms with Crippen molar-refractivity contribution in [2.24, 2.45) is 5.92 Å². The zero-order chi connectivity index (χ0) is 9.68. The normalized spacial score (nSPS) is 21.4. The van der Waals surface area contributed by atoms with Crippen LogP contribution in [0, 0.1) is 5.92 Å². The molecule has 0 saturated heterocycles. The highest BCUT2D eigenvalue weighted by molar-refractivity contribution is 6.29. The summed E-state index contributed by atoms with van der Waals surface area (Å²) in [6.07, 6.45) is 6.98. The highest BCUT2D eigenvalue weighted by Gasteiger charge is 2.19. The van der Waals surface area contributed by atoms with Gasteiger partial charge in [-0.15, -0.1) is 0 Å². The quantitative estimate of drug-likeness (QED) is 0.736. The molecule has 0 heterocycles. The second-order valence-electron chi connectivity index (χ2n) is 4.08. The molecule has 0 amide bonds. The van der Waals surface area contributed by atoms with Gasteiger partial charge in [0.25, 0.3) is 0 Å². The first-order valence-electron chi connectivity index (χ1n) is 5.27. The Balaban J connectivity index is 2.20. The fourth-order valence-corrected chi connectivity index (χ4v) is 2.15. The SMILES string of the molecule is C=C(Cl)CN[C@@H](C)C1CCCCC1. The molecule has 1 saturated carbocycles. The Morgan fingerprint density at radius 1 is 1.46 bits per heavy atom. The topological polar surface area (TPSA) is 12.0 Å². The molecule has 0 radical (unpaired) electrons. The molecule has 0 unspecified atom stereocenters. The summed E-state index contributed by atoms with van der Waals surface area (Å²) in [6.45, 7) is 6.68. The van der Waals surface area contributed by atoms with Gasteiger partial charge in [-0.2, -0.15) is 0 Å². The van der Waals surface area contributed by atoms with Crippen molar-refractivity contribution in [3.05, 3.63) is 11.6 Å². The van der Waals surface area contributed by atoms with Crippen LogP contribution in [0.2, 0.25) is 0 Å². The van der Waals surface area contributed by atoms with Gasteiger partial charge in [0.15, 0.2) is 0 Å². The summed E-state index contributed by atoms with van der Waals surface area (Å²) in [7, 11) is 0. The van der Waals surface area contributed by atoms with Gasteiger partial charge in [0.1, 0.15) is 0 Å². The molecule has 76 valence electrons. The van der Waals surface area contributed by atoms with Crippen LogP contribution in [0.1, 0.15) is 39.0 Å². The van der Waals surface area contributed by atoms with Gasteiger partial charge in [-0.05, 0) is 25.7 Å². The van der Waals surface area contributed by atoms with Crippen LogP contribution in [0.3, 0.4) is 0 Å². The first-order chi connectivity index (χ1) is 6.20. The van der Waals surface area contributed by atoms with Gasteiger partial charge >= 0.3 is 0 Å². The molecule has 1 rings (SSSR count). The first-order valence-corrected chi connectivity index (χ1v) is 5.64. The molecule has 1 N–H and O–H groups in total. The Hall–Kier alpha value is -0.0100. The van der Waals surface area contributed by atoms with E-state index < -0.39 is 0 Å². The van der Waals surface area contributed by atoms with Crippen LogP contribution in [-0.2, 0) is 0 Å². The minimum atomic E-state index is 0.593. The fourth-order valence-electron chi connectivity index (χ4n) is 2.07. The van der Waals surface area contributed by atoms with E-state index in [2.05, 4.69) is 18.8 Å². The number of halogens is 1. The van der Waals surface area contributed by atoms with Crippen LogP contribution in [0.4, 0.5) is 0 Å². The average Bonchev–Trinajstić information content (AvgIpc) is 2.15. The molecule has 13 heavy (non-hydrogen) atoms. The molecule has 1 nitrogen and oxygen atoms in total. The predicted octanol–water partition coefficient (Wildman–Crippen LogP) is 3.30. The molecule has 2 heteroatoms. The van der Waals surface area contributed by atoms with Gasteiger partial charge in [0, 0.05) is 17.6 Å². The van der Waals surface area contributed by atoms with Crippen LogP contribution in [0.5, 0.6) is 0 Å². The van der Waals surface area contributed by atoms with Crippen molar-refractivity contribution in [2.75, 3.05) is 6.54 Å². The lowest BCUT2D eigenvalue weighted by atomic mass is 9.84. The van der Waals surface area contributed by atoms with Crippen molar-refractivity contribution in [3.63, 3.8) is 0 Å². The number of hydrogen-bond donors (Lipinski definition) is 1. The molecular formula is C11H20ClN. The smallest absolute Gasteiger partial charge is 0.0310 e. The summed E-state index contributed by atoms with van der Waals surface area (Å²) in [4.78, 5) is 0. The summed E-state index contributed by atoms with van der Waals surface area (Å²) in [6, 6.07) is 0.593. The maximum Gasteiger partial charge on any atom is 0.0310 e. The Kier molecular flexibility index (Phi) is 4.82. The molecule has 0 aromatic rings. The van der Waals surface area contributed by atoms with Crippen LogP contribution in [0.25, 0.3) is 0 Å². The van der Waals surface area contributed by atoms with Crippen molar-refractivity contribution in [3.8, 4) is 0 Å². The second kappa shape index (κ2) is 5.66. The fraction of sp³-hybridized carbons (Fsp3) is 0.818. The third kappa shape index (κ3) is 4.15. The van der Waals surface area contributed by atoms with Crippen LogP contribution in [-0.4, -0.2) is 12.6 Å². The summed E-state index contributed by atoms with van der Waals surface area (Å²) >= 11 is 5.70. The molecular weight excluding hydrogens is 182 g/mol. The van der Waals surface area contributed by atoms with Crippen molar-refractivity contribution in [1.29, 1.82) is 0 Å². The Bertz CT molecular complexity index is 161. The molecule has 0 bridgehead atoms. The lowest BCUT2D eigenvalue weighted by molar-refractivity contribution is 0.286. The zero-order valence-electron chi connectivity index (χ0n) is 8.48. The van der Waals surface area contributed by atoms with E-state index in [1.807, 2.05) is 0 Å². The van der Waals surface area contributed by atoms with Crippen molar-refractivity contribution < 1.29 is 0 Å². The average molecular weight is 202 g/mol. The Morgan fingerprint density at radius 2 is 2.08 bits per heavy atom. The molecule has 0 aromatic heterocycles. The summed E-state index contributed by atoms with van der Waals surface area (Å²) in [5.74, 6) is 0.852. The third-order valence-corrected chi connectivity index (χ3v) is 3.11. The van der Waals surface area contributed by atoms with E-state index in [-0.39, 0.29) is 0 Å². The van der Waals surface area contributed by atoms with Gasteiger partial charge in [-0.1, -0.05) is 37.4 Å². The van der Waals surface area contributed by atoms with Crippen LogP contribution < -0.4 is 5.32 Å². The van der Waals surface area contributed by atoms with Crippen molar-refractivity contribution in [1.82, 2.24) is 5.32 Å². The van der Waals surface area contributed by atoms with E-state index in [0.717, 1.165) is 12.5 Å². The van der Waals surface area contributed by atoms with Gasteiger partial charge in [-0.3, -0.25) is 0 Å². The maximum atomic E-state index is 5.70. The molecule has 1 aliphatic rings. The number of hydrogen-bond acceptors (Lipinski definition) is 1. The molecule has 0 aliphatic heterocycles. The van der Waals surface area contributed by atoms with Crippen molar-refractivity contribution >= 4 is 11.6 Å². The number of rotatable bonds is 4. The largest absolute Gasteiger partial charge is 0.309 e. The van der Waals surface area contributed by atoms with Gasteiger partial charge < -0.3 is 5.32 Å². The van der Waals surface area contributed by atoms with Gasteiger partial charge in [-0.25, -0.2) is 0 Å². The van der Waals surface area contributed by atoms with E-state index in [9.17, 15) is 0 Å². The Morgan fingerprint density at radius 3 is 2.62 bits per heavy atom. The summed E-state index contributed by atoms with van der Waals surface area (Å²) < 4.78 is 0. The first kappa shape index (κ1) is 11.1. The third-order valence-electron chi connectivity index (χ3n) is 2.97. The summed E-state index contributed by atoms with van der Waals surface area (Å²) in [5.41, 5.74) is 0. The lowest BCUT2D eigenvalue weighted by Gasteiger charge is -2.28. The van der Waals surface area contributed by atoms with E-state index in [4.69, 9.17) is 11.6 Å². The minimum absolute atomic E-state index is 0.593. The molecule has 0 aromatic carbocycles. The maximum absolute atomic E-state index is 5.70. The second-order valence-corrected chi connectivity index (χ2v) is 4.62. The van der Waals surface area contributed by atoms with E-state index in [1.165, 1.54) is 32.1 Å². The molecule has 1 fully saturated rings. The lowest BCUT2D eigenvalue weighted by Crippen LogP contribution is -2.35. The van der Waals surface area contributed by atoms with E-state index in [0.29, 0.717) is 11.1 Å². The summed E-state index contributed by atoms with van der Waals surface area (Å²) in [5, 5.41) is 4.13. The Labute approximate surface area is 86.5 Å². The minimum Gasteiger partial charge on any atom is -0.309 e. The van der Waals surface area contributed by atoms with E-state index in [1.54, 1.807) is 0 Å². The van der Waals surface area contributed by atoms with Gasteiger partial charge in [0.05, 0.1) is 0 Å². The van der Waals surface area contributed by atoms with Crippen LogP contribution >= 0.6 is 11.6 Å². The molecule has 0 spiro atoms. The van der Waals surface area contributed by atoms with Gasteiger partial charge in [0.2, 0.25) is 0 Å². The highest BCUT2D eigenvalue weighted by Crippen LogP contribution is 2.26. The standard InChI is InChI=1S/C11H20ClN/c1-9(12)8-13-10(2)11-6-4-3-5-7-11/h10-11,13H,1,3-8H2,2H3/t10-/m0/s1. The highest BCUT2D eigenvalue weighted by atomic mass is 35.5. The van der Waals surface area contributed by atoms with Crippen LogP contribution in [0.15, 0.2) is 11.6 Å².